The average Bonchev–Trinajstić information content (AvgIpc) is 3.12. The number of ketones is 2. The number of carboxylic acids is 1. The fourth-order valence-corrected chi connectivity index (χ4v) is 3.85. The molecule has 0 aliphatic carbocycles. The van der Waals surface area contributed by atoms with Gasteiger partial charge in [0.05, 0.1) is 5.69 Å². The summed E-state index contributed by atoms with van der Waals surface area (Å²) in [5, 5.41) is 9.90. The summed E-state index contributed by atoms with van der Waals surface area (Å²) in [5.74, 6) is -1.45. The maximum Gasteiger partial charge on any atom is 0.354 e. The Morgan fingerprint density at radius 2 is 1.75 bits per heavy atom. The van der Waals surface area contributed by atoms with Crippen LogP contribution in [0.5, 0.6) is 0 Å². The zero-order valence-electron chi connectivity index (χ0n) is 18.9. The van der Waals surface area contributed by atoms with Gasteiger partial charge in [0.15, 0.2) is 11.5 Å². The zero-order chi connectivity index (χ0) is 23.4. The van der Waals surface area contributed by atoms with Crippen molar-refractivity contribution < 1.29 is 19.5 Å². The SMILES string of the molecule is CCCc1nc(C(C)C)c(C(=O)O)n1Cc1ccc(-c2ccccc2)c(C(=O)C(C)=O)c1. The number of carbonyl (C=O) groups is 3. The fraction of sp³-hybridized carbons (Fsp3) is 0.308. The van der Waals surface area contributed by atoms with E-state index in [2.05, 4.69) is 4.98 Å². The third kappa shape index (κ3) is 4.69. The first-order valence-corrected chi connectivity index (χ1v) is 10.8. The van der Waals surface area contributed by atoms with Crippen molar-refractivity contribution in [3.63, 3.8) is 0 Å². The third-order valence-electron chi connectivity index (χ3n) is 5.37. The summed E-state index contributed by atoms with van der Waals surface area (Å²) in [6.07, 6.45) is 1.48. The number of aryl methyl sites for hydroxylation is 1. The van der Waals surface area contributed by atoms with E-state index in [4.69, 9.17) is 0 Å². The normalized spacial score (nSPS) is 11.0. The van der Waals surface area contributed by atoms with Gasteiger partial charge in [-0.05, 0) is 35.1 Å². The van der Waals surface area contributed by atoms with Crippen LogP contribution >= 0.6 is 0 Å². The van der Waals surface area contributed by atoms with Gasteiger partial charge in [-0.3, -0.25) is 9.59 Å². The van der Waals surface area contributed by atoms with Gasteiger partial charge in [-0.15, -0.1) is 0 Å². The minimum Gasteiger partial charge on any atom is -0.477 e. The van der Waals surface area contributed by atoms with Gasteiger partial charge in [-0.1, -0.05) is 63.2 Å². The molecular weight excluding hydrogens is 404 g/mol. The largest absolute Gasteiger partial charge is 0.477 e. The number of aromatic nitrogens is 2. The van der Waals surface area contributed by atoms with Crippen LogP contribution in [0.4, 0.5) is 0 Å². The van der Waals surface area contributed by atoms with Crippen LogP contribution in [0.1, 0.15) is 78.0 Å². The first-order chi connectivity index (χ1) is 15.2. The number of rotatable bonds is 9. The topological polar surface area (TPSA) is 89.3 Å². The van der Waals surface area contributed by atoms with Crippen molar-refractivity contribution in [2.45, 2.75) is 53.0 Å². The highest BCUT2D eigenvalue weighted by Crippen LogP contribution is 2.28. The maximum absolute atomic E-state index is 12.7. The molecule has 0 fully saturated rings. The van der Waals surface area contributed by atoms with Crippen LogP contribution in [0.15, 0.2) is 48.5 Å². The molecule has 6 heteroatoms. The number of aromatic carboxylic acids is 1. The summed E-state index contributed by atoms with van der Waals surface area (Å²) in [6.45, 7) is 7.38. The average molecular weight is 433 g/mol. The van der Waals surface area contributed by atoms with Crippen molar-refractivity contribution in [2.75, 3.05) is 0 Å². The van der Waals surface area contributed by atoms with E-state index >= 15 is 0 Å². The van der Waals surface area contributed by atoms with Crippen molar-refractivity contribution in [3.8, 4) is 11.1 Å². The quantitative estimate of drug-likeness (QED) is 0.373. The van der Waals surface area contributed by atoms with Gasteiger partial charge in [-0.25, -0.2) is 9.78 Å². The summed E-state index contributed by atoms with van der Waals surface area (Å²) in [4.78, 5) is 41.4. The molecule has 0 saturated carbocycles. The molecule has 0 spiro atoms. The Morgan fingerprint density at radius 1 is 1.06 bits per heavy atom. The van der Waals surface area contributed by atoms with Crippen LogP contribution in [0.3, 0.4) is 0 Å². The number of benzene rings is 2. The molecule has 1 aromatic heterocycles. The van der Waals surface area contributed by atoms with E-state index in [0.717, 1.165) is 17.5 Å². The first-order valence-electron chi connectivity index (χ1n) is 10.8. The van der Waals surface area contributed by atoms with Gasteiger partial charge in [0, 0.05) is 25.5 Å². The Kier molecular flexibility index (Phi) is 7.03. The summed E-state index contributed by atoms with van der Waals surface area (Å²) in [5.41, 5.74) is 3.31. The molecule has 6 nitrogen and oxygen atoms in total. The van der Waals surface area contributed by atoms with E-state index in [0.29, 0.717) is 29.1 Å². The van der Waals surface area contributed by atoms with Crippen LogP contribution in [-0.2, 0) is 17.8 Å². The Balaban J connectivity index is 2.14. The maximum atomic E-state index is 12.7. The minimum atomic E-state index is -1.02. The number of carbonyl (C=O) groups excluding carboxylic acids is 2. The van der Waals surface area contributed by atoms with Crippen LogP contribution in [0.2, 0.25) is 0 Å². The zero-order valence-corrected chi connectivity index (χ0v) is 18.9. The number of carboxylic acid groups (broad SMARTS) is 1. The molecule has 0 bridgehead atoms. The summed E-state index contributed by atoms with van der Waals surface area (Å²) in [6, 6.07) is 14.8. The lowest BCUT2D eigenvalue weighted by Gasteiger charge is -2.14. The molecule has 0 amide bonds. The van der Waals surface area contributed by atoms with Crippen molar-refractivity contribution in [1.82, 2.24) is 9.55 Å². The van der Waals surface area contributed by atoms with Crippen LogP contribution in [0.25, 0.3) is 11.1 Å². The molecule has 166 valence electrons. The second-order valence-electron chi connectivity index (χ2n) is 8.19. The summed E-state index contributed by atoms with van der Waals surface area (Å²) < 4.78 is 1.72. The van der Waals surface area contributed by atoms with E-state index in [9.17, 15) is 19.5 Å². The molecule has 3 aromatic rings. The molecule has 0 radical (unpaired) electrons. The van der Waals surface area contributed by atoms with Gasteiger partial charge in [-0.2, -0.15) is 0 Å². The number of imidazole rings is 1. The third-order valence-corrected chi connectivity index (χ3v) is 5.37. The number of hydrogen-bond donors (Lipinski definition) is 1. The minimum absolute atomic E-state index is 0.0340. The Bertz CT molecular complexity index is 1160. The molecule has 1 N–H and O–H groups in total. The standard InChI is InChI=1S/C26H28N2O4/c1-5-9-22-27-23(16(2)3)24(26(31)32)28(22)15-18-12-13-20(19-10-7-6-8-11-19)21(14-18)25(30)17(4)29/h6-8,10-14,16H,5,9,15H2,1-4H3,(H,31,32). The van der Waals surface area contributed by atoms with E-state index in [1.165, 1.54) is 6.92 Å². The number of Topliss-reactive ketones (excluding diaryl/α,β-unsaturated/α-hetero) is 2. The molecular formula is C26H28N2O4. The smallest absolute Gasteiger partial charge is 0.354 e. The molecule has 0 saturated heterocycles. The number of hydrogen-bond acceptors (Lipinski definition) is 4. The molecule has 0 aliphatic rings. The van der Waals surface area contributed by atoms with E-state index < -0.39 is 17.5 Å². The Hall–Kier alpha value is -3.54. The molecule has 32 heavy (non-hydrogen) atoms. The molecule has 0 unspecified atom stereocenters. The lowest BCUT2D eigenvalue weighted by Crippen LogP contribution is -2.15. The fourth-order valence-electron chi connectivity index (χ4n) is 3.85. The van der Waals surface area contributed by atoms with Gasteiger partial charge < -0.3 is 9.67 Å². The molecule has 2 aromatic carbocycles. The molecule has 0 aliphatic heterocycles. The van der Waals surface area contributed by atoms with Gasteiger partial charge in [0.25, 0.3) is 0 Å². The van der Waals surface area contributed by atoms with Gasteiger partial charge in [0.2, 0.25) is 5.78 Å². The highest BCUT2D eigenvalue weighted by Gasteiger charge is 2.25. The van der Waals surface area contributed by atoms with E-state index in [1.54, 1.807) is 10.6 Å². The van der Waals surface area contributed by atoms with Crippen LogP contribution in [-0.4, -0.2) is 32.2 Å². The van der Waals surface area contributed by atoms with Crippen molar-refractivity contribution in [3.05, 3.63) is 76.9 Å². The van der Waals surface area contributed by atoms with Crippen molar-refractivity contribution in [1.29, 1.82) is 0 Å². The van der Waals surface area contributed by atoms with E-state index in [1.807, 2.05) is 63.2 Å². The van der Waals surface area contributed by atoms with Gasteiger partial charge >= 0.3 is 5.97 Å². The van der Waals surface area contributed by atoms with Crippen molar-refractivity contribution >= 4 is 17.5 Å². The lowest BCUT2D eigenvalue weighted by molar-refractivity contribution is -0.113. The van der Waals surface area contributed by atoms with E-state index in [-0.39, 0.29) is 18.2 Å². The number of nitrogens with zero attached hydrogens (tertiary/aromatic N) is 2. The Morgan fingerprint density at radius 3 is 2.31 bits per heavy atom. The molecule has 0 atom stereocenters. The predicted octanol–water partition coefficient (Wildman–Crippen LogP) is 5.14. The van der Waals surface area contributed by atoms with Crippen LogP contribution < -0.4 is 0 Å². The van der Waals surface area contributed by atoms with Crippen LogP contribution in [0, 0.1) is 0 Å². The Labute approximate surface area is 187 Å². The van der Waals surface area contributed by atoms with Crippen molar-refractivity contribution in [2.24, 2.45) is 0 Å². The van der Waals surface area contributed by atoms with Gasteiger partial charge in [0.1, 0.15) is 5.82 Å². The molecule has 1 heterocycles. The highest BCUT2D eigenvalue weighted by atomic mass is 16.4. The summed E-state index contributed by atoms with van der Waals surface area (Å²) >= 11 is 0. The first kappa shape index (κ1) is 23.1. The monoisotopic (exact) mass is 432 g/mol. The molecule has 3 rings (SSSR count). The second-order valence-corrected chi connectivity index (χ2v) is 8.19. The highest BCUT2D eigenvalue weighted by molar-refractivity contribution is 6.44. The second kappa shape index (κ2) is 9.73. The summed E-state index contributed by atoms with van der Waals surface area (Å²) in [7, 11) is 0. The predicted molar refractivity (Wildman–Crippen MR) is 123 cm³/mol. The lowest BCUT2D eigenvalue weighted by atomic mass is 9.93.